The van der Waals surface area contributed by atoms with Gasteiger partial charge in [-0.15, -0.1) is 23.7 Å². The van der Waals surface area contributed by atoms with Gasteiger partial charge in [-0.2, -0.15) is 0 Å². The number of nitrogens with zero attached hydrogens (tertiary/aromatic N) is 2. The predicted octanol–water partition coefficient (Wildman–Crippen LogP) is 6.55. The highest BCUT2D eigenvalue weighted by atomic mass is 35.5. The molecular weight excluding hydrogens is 390 g/mol. The lowest BCUT2D eigenvalue weighted by Gasteiger charge is -2.18. The van der Waals surface area contributed by atoms with E-state index in [0.29, 0.717) is 0 Å². The van der Waals surface area contributed by atoms with Gasteiger partial charge in [0.2, 0.25) is 0 Å². The van der Waals surface area contributed by atoms with Crippen LogP contribution in [0.2, 0.25) is 0 Å². The molecule has 28 heavy (non-hydrogen) atoms. The number of nitrogens with one attached hydrogen (secondary N) is 1. The average molecular weight is 418 g/mol. The van der Waals surface area contributed by atoms with Crippen molar-refractivity contribution in [2.75, 3.05) is 11.9 Å². The summed E-state index contributed by atoms with van der Waals surface area (Å²) in [7, 11) is 0. The second kappa shape index (κ2) is 9.57. The highest BCUT2D eigenvalue weighted by Gasteiger charge is 2.23. The molecule has 1 aromatic carbocycles. The van der Waals surface area contributed by atoms with E-state index in [1.807, 2.05) is 23.5 Å². The van der Waals surface area contributed by atoms with Crippen molar-refractivity contribution in [2.45, 2.75) is 52.4 Å². The maximum atomic E-state index is 5.80. The Morgan fingerprint density at radius 3 is 2.79 bits per heavy atom. The summed E-state index contributed by atoms with van der Waals surface area (Å²) >= 11 is 1.83. The van der Waals surface area contributed by atoms with Crippen molar-refractivity contribution in [3.05, 3.63) is 41.0 Å². The number of benzene rings is 1. The number of aromatic nitrogens is 2. The fraction of sp³-hybridized carbons (Fsp3) is 0.455. The van der Waals surface area contributed by atoms with E-state index in [-0.39, 0.29) is 12.4 Å². The molecule has 3 aromatic rings. The van der Waals surface area contributed by atoms with Crippen LogP contribution >= 0.6 is 23.7 Å². The van der Waals surface area contributed by atoms with Gasteiger partial charge in [0.15, 0.2) is 0 Å². The first-order valence-electron chi connectivity index (χ1n) is 9.99. The van der Waals surface area contributed by atoms with Crippen molar-refractivity contribution in [2.24, 2.45) is 5.92 Å². The summed E-state index contributed by atoms with van der Waals surface area (Å²) in [6, 6.07) is 8.17. The van der Waals surface area contributed by atoms with Gasteiger partial charge in [-0.1, -0.05) is 26.7 Å². The van der Waals surface area contributed by atoms with Gasteiger partial charge in [-0.25, -0.2) is 9.97 Å². The van der Waals surface area contributed by atoms with Crippen LogP contribution in [0.3, 0.4) is 0 Å². The van der Waals surface area contributed by atoms with Crippen molar-refractivity contribution < 1.29 is 4.74 Å². The Labute approximate surface area is 177 Å². The Bertz CT molecular complexity index is 910. The molecule has 4 rings (SSSR count). The highest BCUT2D eigenvalue weighted by molar-refractivity contribution is 7.19. The van der Waals surface area contributed by atoms with Crippen LogP contribution in [0.5, 0.6) is 5.75 Å². The topological polar surface area (TPSA) is 47.0 Å². The highest BCUT2D eigenvalue weighted by Crippen LogP contribution is 2.40. The molecule has 0 saturated heterocycles. The number of fused-ring (bicyclic) bond motifs is 3. The zero-order valence-electron chi connectivity index (χ0n) is 16.5. The van der Waals surface area contributed by atoms with E-state index in [9.17, 15) is 0 Å². The summed E-state index contributed by atoms with van der Waals surface area (Å²) in [5.41, 5.74) is 2.48. The molecule has 1 atom stereocenters. The molecule has 1 aliphatic carbocycles. The maximum Gasteiger partial charge on any atom is 0.142 e. The lowest BCUT2D eigenvalue weighted by Crippen LogP contribution is -2.09. The minimum Gasteiger partial charge on any atom is -0.494 e. The fourth-order valence-electron chi connectivity index (χ4n) is 3.68. The maximum absolute atomic E-state index is 5.80. The number of aryl methyl sites for hydroxylation is 1. The second-order valence-corrected chi connectivity index (χ2v) is 8.54. The zero-order chi connectivity index (χ0) is 18.6. The van der Waals surface area contributed by atoms with Crippen LogP contribution in [0.4, 0.5) is 11.5 Å². The van der Waals surface area contributed by atoms with E-state index in [1.54, 1.807) is 6.33 Å². The quantitative estimate of drug-likeness (QED) is 0.442. The number of thiophene rings is 1. The molecule has 2 aromatic heterocycles. The predicted molar refractivity (Wildman–Crippen MR) is 121 cm³/mol. The molecule has 2 heterocycles. The van der Waals surface area contributed by atoms with Gasteiger partial charge in [0.25, 0.3) is 0 Å². The van der Waals surface area contributed by atoms with Gasteiger partial charge in [0, 0.05) is 10.6 Å². The number of hydrogen-bond donors (Lipinski definition) is 1. The summed E-state index contributed by atoms with van der Waals surface area (Å²) in [4.78, 5) is 11.7. The lowest BCUT2D eigenvalue weighted by atomic mass is 9.89. The van der Waals surface area contributed by atoms with Crippen LogP contribution in [0, 0.1) is 5.92 Å². The minimum atomic E-state index is 0. The van der Waals surface area contributed by atoms with E-state index < -0.39 is 0 Å². The molecule has 4 nitrogen and oxygen atoms in total. The lowest BCUT2D eigenvalue weighted by molar-refractivity contribution is 0.306. The summed E-state index contributed by atoms with van der Waals surface area (Å²) < 4.78 is 5.80. The van der Waals surface area contributed by atoms with Crippen LogP contribution < -0.4 is 10.1 Å². The normalized spacial score (nSPS) is 15.7. The SMILES string of the molecule is CCCCCOc1ccc(Nc2ncnc3sc4c(c23)CCC(C)C4)cc1.Cl. The van der Waals surface area contributed by atoms with Gasteiger partial charge in [0.05, 0.1) is 12.0 Å². The molecule has 0 spiro atoms. The summed E-state index contributed by atoms with van der Waals surface area (Å²) in [6.07, 6.45) is 8.75. The van der Waals surface area contributed by atoms with Crippen molar-refractivity contribution >= 4 is 45.5 Å². The van der Waals surface area contributed by atoms with Gasteiger partial charge in [-0.3, -0.25) is 0 Å². The first-order chi connectivity index (χ1) is 13.2. The van der Waals surface area contributed by atoms with Crippen molar-refractivity contribution in [1.29, 1.82) is 0 Å². The Kier molecular flexibility index (Phi) is 7.13. The molecule has 0 bridgehead atoms. The molecule has 1 aliphatic rings. The molecule has 0 radical (unpaired) electrons. The van der Waals surface area contributed by atoms with Crippen LogP contribution in [-0.2, 0) is 12.8 Å². The van der Waals surface area contributed by atoms with Crippen LogP contribution in [0.25, 0.3) is 10.2 Å². The van der Waals surface area contributed by atoms with Crippen LogP contribution in [0.15, 0.2) is 30.6 Å². The average Bonchev–Trinajstić information content (AvgIpc) is 3.05. The van der Waals surface area contributed by atoms with Crippen LogP contribution in [0.1, 0.15) is 50.0 Å². The second-order valence-electron chi connectivity index (χ2n) is 7.46. The first kappa shape index (κ1) is 20.9. The summed E-state index contributed by atoms with van der Waals surface area (Å²) in [5, 5.41) is 4.71. The molecule has 0 amide bonds. The standard InChI is InChI=1S/C22H27N3OS.ClH/c1-3-4-5-12-26-17-9-7-16(8-10-17)25-21-20-18-11-6-15(2)13-19(18)27-22(20)24-14-23-21;/h7-10,14-15H,3-6,11-13H2,1-2H3,(H,23,24,25);1H. The largest absolute Gasteiger partial charge is 0.494 e. The third-order valence-electron chi connectivity index (χ3n) is 5.23. The molecular formula is C22H28ClN3OS. The Morgan fingerprint density at radius 1 is 1.18 bits per heavy atom. The van der Waals surface area contributed by atoms with Gasteiger partial charge in [0.1, 0.15) is 22.7 Å². The number of unbranched alkanes of at least 4 members (excludes halogenated alkanes) is 2. The molecule has 1 N–H and O–H groups in total. The third kappa shape index (κ3) is 4.58. The van der Waals surface area contributed by atoms with Crippen molar-refractivity contribution in [3.63, 3.8) is 0 Å². The Hall–Kier alpha value is -1.85. The third-order valence-corrected chi connectivity index (χ3v) is 6.39. The van der Waals surface area contributed by atoms with E-state index in [0.717, 1.165) is 47.5 Å². The molecule has 0 fully saturated rings. The number of anilines is 2. The van der Waals surface area contributed by atoms with Gasteiger partial charge in [-0.05, 0) is 61.4 Å². The summed E-state index contributed by atoms with van der Waals surface area (Å²) in [5.74, 6) is 2.61. The minimum absolute atomic E-state index is 0. The summed E-state index contributed by atoms with van der Waals surface area (Å²) in [6.45, 7) is 5.33. The van der Waals surface area contributed by atoms with E-state index in [1.165, 1.54) is 41.5 Å². The number of rotatable bonds is 7. The monoisotopic (exact) mass is 417 g/mol. The van der Waals surface area contributed by atoms with Gasteiger partial charge >= 0.3 is 0 Å². The first-order valence-corrected chi connectivity index (χ1v) is 10.8. The number of ether oxygens (including phenoxy) is 1. The fourth-order valence-corrected chi connectivity index (χ4v) is 5.03. The van der Waals surface area contributed by atoms with Gasteiger partial charge < -0.3 is 10.1 Å². The smallest absolute Gasteiger partial charge is 0.142 e. The van der Waals surface area contributed by atoms with Crippen LogP contribution in [-0.4, -0.2) is 16.6 Å². The molecule has 0 aliphatic heterocycles. The Balaban J connectivity index is 0.00000225. The Morgan fingerprint density at radius 2 is 2.00 bits per heavy atom. The van der Waals surface area contributed by atoms with E-state index >= 15 is 0 Å². The van der Waals surface area contributed by atoms with E-state index in [4.69, 9.17) is 4.74 Å². The van der Waals surface area contributed by atoms with E-state index in [2.05, 4.69) is 41.3 Å². The zero-order valence-corrected chi connectivity index (χ0v) is 18.2. The van der Waals surface area contributed by atoms with Crippen molar-refractivity contribution in [1.82, 2.24) is 9.97 Å². The molecule has 6 heteroatoms. The number of hydrogen-bond acceptors (Lipinski definition) is 5. The molecule has 150 valence electrons. The molecule has 0 saturated carbocycles. The molecule has 1 unspecified atom stereocenters. The van der Waals surface area contributed by atoms with Crippen molar-refractivity contribution in [3.8, 4) is 5.75 Å². The number of halogens is 1.